The predicted octanol–water partition coefficient (Wildman–Crippen LogP) is 1.65. The lowest BCUT2D eigenvalue weighted by atomic mass is 9.96. The highest BCUT2D eigenvalue weighted by Gasteiger charge is 2.16. The zero-order valence-corrected chi connectivity index (χ0v) is 10.0. The van der Waals surface area contributed by atoms with Crippen molar-refractivity contribution in [2.75, 3.05) is 0 Å². The molecule has 0 radical (unpaired) electrons. The molecule has 0 bridgehead atoms. The normalized spacial score (nSPS) is 10.8. The molecule has 0 aromatic carbocycles. The third-order valence-corrected chi connectivity index (χ3v) is 2.95. The van der Waals surface area contributed by atoms with Gasteiger partial charge in [0.2, 0.25) is 0 Å². The van der Waals surface area contributed by atoms with E-state index in [0.29, 0.717) is 0 Å². The van der Waals surface area contributed by atoms with Crippen molar-refractivity contribution in [2.24, 2.45) is 5.84 Å². The summed E-state index contributed by atoms with van der Waals surface area (Å²) in [5.74, 6) is 5.67. The second-order valence-electron chi connectivity index (χ2n) is 4.06. The van der Waals surface area contributed by atoms with Crippen LogP contribution in [-0.2, 0) is 0 Å². The Morgan fingerprint density at radius 3 is 1.82 bits per heavy atom. The van der Waals surface area contributed by atoms with E-state index in [0.717, 1.165) is 22.3 Å². The molecule has 0 atom stereocenters. The van der Waals surface area contributed by atoms with E-state index < -0.39 is 0 Å². The SMILES string of the molecule is Cc1ccncc1C(NN)c1cnccc1C. The number of aromatic nitrogens is 2. The first-order chi connectivity index (χ1) is 8.24. The molecule has 0 saturated heterocycles. The van der Waals surface area contributed by atoms with E-state index >= 15 is 0 Å². The third-order valence-electron chi connectivity index (χ3n) is 2.95. The smallest absolute Gasteiger partial charge is 0.0745 e. The number of pyridine rings is 2. The molecule has 0 amide bonds. The molecule has 0 aliphatic heterocycles. The Morgan fingerprint density at radius 1 is 1.00 bits per heavy atom. The summed E-state index contributed by atoms with van der Waals surface area (Å²) < 4.78 is 0. The summed E-state index contributed by atoms with van der Waals surface area (Å²) in [5, 5.41) is 0. The molecule has 0 saturated carbocycles. The van der Waals surface area contributed by atoms with Gasteiger partial charge in [-0.15, -0.1) is 0 Å². The number of rotatable bonds is 3. The Labute approximate surface area is 101 Å². The lowest BCUT2D eigenvalue weighted by molar-refractivity contribution is 0.626. The van der Waals surface area contributed by atoms with Gasteiger partial charge in [-0.2, -0.15) is 0 Å². The van der Waals surface area contributed by atoms with Gasteiger partial charge in [0.15, 0.2) is 0 Å². The molecule has 0 fully saturated rings. The molecule has 0 spiro atoms. The van der Waals surface area contributed by atoms with Crippen LogP contribution in [0.25, 0.3) is 0 Å². The van der Waals surface area contributed by atoms with E-state index in [1.54, 1.807) is 12.4 Å². The summed E-state index contributed by atoms with van der Waals surface area (Å²) in [4.78, 5) is 8.31. The second-order valence-corrected chi connectivity index (χ2v) is 4.06. The van der Waals surface area contributed by atoms with Crippen LogP contribution < -0.4 is 11.3 Å². The van der Waals surface area contributed by atoms with Gasteiger partial charge < -0.3 is 0 Å². The summed E-state index contributed by atoms with van der Waals surface area (Å²) in [7, 11) is 0. The molecule has 17 heavy (non-hydrogen) atoms. The number of nitrogens with one attached hydrogen (secondary N) is 1. The van der Waals surface area contributed by atoms with E-state index in [9.17, 15) is 0 Å². The van der Waals surface area contributed by atoms with Crippen LogP contribution in [0.2, 0.25) is 0 Å². The van der Waals surface area contributed by atoms with Crippen LogP contribution in [0.3, 0.4) is 0 Å². The quantitative estimate of drug-likeness (QED) is 0.619. The lowest BCUT2D eigenvalue weighted by Gasteiger charge is -2.19. The summed E-state index contributed by atoms with van der Waals surface area (Å²) in [5.41, 5.74) is 7.30. The molecule has 2 aromatic heterocycles. The Morgan fingerprint density at radius 2 is 1.47 bits per heavy atom. The average Bonchev–Trinajstić information content (AvgIpc) is 2.34. The van der Waals surface area contributed by atoms with Crippen molar-refractivity contribution < 1.29 is 0 Å². The van der Waals surface area contributed by atoms with Crippen LogP contribution in [0, 0.1) is 13.8 Å². The Bertz CT molecular complexity index is 465. The van der Waals surface area contributed by atoms with Crippen molar-refractivity contribution in [3.05, 3.63) is 59.2 Å². The summed E-state index contributed by atoms with van der Waals surface area (Å²) in [6.07, 6.45) is 7.24. The maximum Gasteiger partial charge on any atom is 0.0745 e. The number of aryl methyl sites for hydroxylation is 2. The van der Waals surface area contributed by atoms with Gasteiger partial charge in [0.25, 0.3) is 0 Å². The molecule has 0 aliphatic carbocycles. The molecule has 4 nitrogen and oxygen atoms in total. The summed E-state index contributed by atoms with van der Waals surface area (Å²) in [6, 6.07) is 3.88. The second kappa shape index (κ2) is 5.03. The standard InChI is InChI=1S/C13H16N4/c1-9-3-5-15-7-11(9)13(17-14)12-8-16-6-4-10(12)2/h3-8,13,17H,14H2,1-2H3. The zero-order chi connectivity index (χ0) is 12.3. The van der Waals surface area contributed by atoms with Gasteiger partial charge in [-0.3, -0.25) is 15.8 Å². The van der Waals surface area contributed by atoms with Crippen LogP contribution in [0.15, 0.2) is 36.9 Å². The number of hydrogen-bond donors (Lipinski definition) is 2. The summed E-state index contributed by atoms with van der Waals surface area (Å²) in [6.45, 7) is 4.10. The Hall–Kier alpha value is -1.78. The molecule has 3 N–H and O–H groups in total. The summed E-state index contributed by atoms with van der Waals surface area (Å²) >= 11 is 0. The van der Waals surface area contributed by atoms with Crippen molar-refractivity contribution in [1.82, 2.24) is 15.4 Å². The Kier molecular flexibility index (Phi) is 3.46. The van der Waals surface area contributed by atoms with Crippen LogP contribution in [-0.4, -0.2) is 9.97 Å². The first kappa shape index (κ1) is 11.7. The third kappa shape index (κ3) is 2.33. The van der Waals surface area contributed by atoms with Crippen molar-refractivity contribution in [3.63, 3.8) is 0 Å². The topological polar surface area (TPSA) is 63.8 Å². The highest BCUT2D eigenvalue weighted by atomic mass is 15.2. The lowest BCUT2D eigenvalue weighted by Crippen LogP contribution is -2.30. The number of hydrogen-bond acceptors (Lipinski definition) is 4. The first-order valence-corrected chi connectivity index (χ1v) is 5.51. The fourth-order valence-corrected chi connectivity index (χ4v) is 1.90. The van der Waals surface area contributed by atoms with Gasteiger partial charge in [-0.05, 0) is 48.2 Å². The van der Waals surface area contributed by atoms with E-state index in [-0.39, 0.29) is 6.04 Å². The van der Waals surface area contributed by atoms with Gasteiger partial charge in [-0.25, -0.2) is 5.43 Å². The van der Waals surface area contributed by atoms with Crippen LogP contribution >= 0.6 is 0 Å². The van der Waals surface area contributed by atoms with Crippen LogP contribution in [0.1, 0.15) is 28.3 Å². The number of nitrogens with two attached hydrogens (primary N) is 1. The first-order valence-electron chi connectivity index (χ1n) is 5.51. The molecule has 88 valence electrons. The minimum absolute atomic E-state index is 0.0719. The van der Waals surface area contributed by atoms with Crippen molar-refractivity contribution in [1.29, 1.82) is 0 Å². The average molecular weight is 228 g/mol. The molecule has 0 unspecified atom stereocenters. The molecule has 2 rings (SSSR count). The largest absolute Gasteiger partial charge is 0.271 e. The highest BCUT2D eigenvalue weighted by molar-refractivity contribution is 5.37. The predicted molar refractivity (Wildman–Crippen MR) is 67.1 cm³/mol. The van der Waals surface area contributed by atoms with E-state index in [1.165, 1.54) is 0 Å². The molecule has 0 aliphatic rings. The van der Waals surface area contributed by atoms with Crippen LogP contribution in [0.5, 0.6) is 0 Å². The van der Waals surface area contributed by atoms with Crippen molar-refractivity contribution in [2.45, 2.75) is 19.9 Å². The fourth-order valence-electron chi connectivity index (χ4n) is 1.90. The van der Waals surface area contributed by atoms with E-state index in [1.807, 2.05) is 38.4 Å². The van der Waals surface area contributed by atoms with Crippen molar-refractivity contribution >= 4 is 0 Å². The Balaban J connectivity index is 2.48. The van der Waals surface area contributed by atoms with Gasteiger partial charge in [0.1, 0.15) is 0 Å². The molecule has 2 heterocycles. The van der Waals surface area contributed by atoms with Gasteiger partial charge >= 0.3 is 0 Å². The maximum absolute atomic E-state index is 5.67. The molecular formula is C13H16N4. The van der Waals surface area contributed by atoms with Gasteiger partial charge in [0, 0.05) is 24.8 Å². The van der Waals surface area contributed by atoms with Gasteiger partial charge in [0.05, 0.1) is 6.04 Å². The maximum atomic E-state index is 5.67. The highest BCUT2D eigenvalue weighted by Crippen LogP contribution is 2.24. The number of hydrazine groups is 1. The van der Waals surface area contributed by atoms with Gasteiger partial charge in [-0.1, -0.05) is 0 Å². The number of nitrogens with zero attached hydrogens (tertiary/aromatic N) is 2. The molecule has 4 heteroatoms. The van der Waals surface area contributed by atoms with Crippen molar-refractivity contribution in [3.8, 4) is 0 Å². The minimum Gasteiger partial charge on any atom is -0.271 e. The monoisotopic (exact) mass is 228 g/mol. The van der Waals surface area contributed by atoms with Crippen LogP contribution in [0.4, 0.5) is 0 Å². The van der Waals surface area contributed by atoms with E-state index in [4.69, 9.17) is 5.84 Å². The zero-order valence-electron chi connectivity index (χ0n) is 10.0. The molecular weight excluding hydrogens is 212 g/mol. The minimum atomic E-state index is -0.0719. The molecule has 2 aromatic rings. The fraction of sp³-hybridized carbons (Fsp3) is 0.231. The van der Waals surface area contributed by atoms with E-state index in [2.05, 4.69) is 15.4 Å².